The van der Waals surface area contributed by atoms with Gasteiger partial charge in [0.1, 0.15) is 11.3 Å². The molecule has 1 aromatic heterocycles. The normalized spacial score (nSPS) is 12.2. The fraction of sp³-hybridized carbons (Fsp3) is 0.364. The second-order valence-electron chi connectivity index (χ2n) is 4.09. The summed E-state index contributed by atoms with van der Waals surface area (Å²) in [5.41, 5.74) is 1.53. The number of halogens is 2. The van der Waals surface area contributed by atoms with Gasteiger partial charge in [-0.25, -0.2) is 18.1 Å². The van der Waals surface area contributed by atoms with Crippen molar-refractivity contribution in [3.63, 3.8) is 0 Å². The highest BCUT2D eigenvalue weighted by Gasteiger charge is 2.12. The van der Waals surface area contributed by atoms with Crippen LogP contribution in [-0.2, 0) is 22.4 Å². The monoisotopic (exact) mass is 321 g/mol. The SMILES string of the molecule is CS(=O)(=O)NCCn1c(CCl)nc2c(Cl)cccc21. The van der Waals surface area contributed by atoms with Gasteiger partial charge >= 0.3 is 0 Å². The van der Waals surface area contributed by atoms with Gasteiger partial charge in [0.05, 0.1) is 22.7 Å². The summed E-state index contributed by atoms with van der Waals surface area (Å²) in [6, 6.07) is 5.46. The molecule has 5 nitrogen and oxygen atoms in total. The third-order valence-corrected chi connectivity index (χ3v) is 3.90. The molecule has 0 atom stereocenters. The van der Waals surface area contributed by atoms with E-state index in [0.29, 0.717) is 22.9 Å². The highest BCUT2D eigenvalue weighted by atomic mass is 35.5. The van der Waals surface area contributed by atoms with Gasteiger partial charge < -0.3 is 4.57 Å². The molecular weight excluding hydrogens is 309 g/mol. The van der Waals surface area contributed by atoms with Crippen molar-refractivity contribution in [2.24, 2.45) is 0 Å². The Bertz CT molecular complexity index is 697. The zero-order chi connectivity index (χ0) is 14.0. The van der Waals surface area contributed by atoms with Gasteiger partial charge in [-0.3, -0.25) is 0 Å². The predicted octanol–water partition coefficient (Wildman–Crippen LogP) is 1.98. The first kappa shape index (κ1) is 14.6. The van der Waals surface area contributed by atoms with E-state index in [1.807, 2.05) is 16.7 Å². The molecule has 0 aliphatic carbocycles. The summed E-state index contributed by atoms with van der Waals surface area (Å²) in [5.74, 6) is 0.907. The van der Waals surface area contributed by atoms with Crippen molar-refractivity contribution in [3.8, 4) is 0 Å². The highest BCUT2D eigenvalue weighted by molar-refractivity contribution is 7.88. The van der Waals surface area contributed by atoms with Crippen LogP contribution in [0.4, 0.5) is 0 Å². The molecule has 19 heavy (non-hydrogen) atoms. The number of benzene rings is 1. The number of para-hydroxylation sites is 1. The van der Waals surface area contributed by atoms with E-state index in [1.54, 1.807) is 6.07 Å². The van der Waals surface area contributed by atoms with Gasteiger partial charge in [-0.15, -0.1) is 11.6 Å². The summed E-state index contributed by atoms with van der Waals surface area (Å²) in [4.78, 5) is 4.37. The maximum atomic E-state index is 11.0. The second-order valence-corrected chi connectivity index (χ2v) is 6.59. The minimum Gasteiger partial charge on any atom is -0.326 e. The quantitative estimate of drug-likeness (QED) is 0.856. The van der Waals surface area contributed by atoms with Crippen molar-refractivity contribution in [3.05, 3.63) is 29.0 Å². The van der Waals surface area contributed by atoms with E-state index in [1.165, 1.54) is 0 Å². The molecule has 0 spiro atoms. The Hall–Kier alpha value is -0.820. The number of alkyl halides is 1. The number of rotatable bonds is 5. The molecule has 1 heterocycles. The fourth-order valence-electron chi connectivity index (χ4n) is 1.86. The molecular formula is C11H13Cl2N3O2S. The summed E-state index contributed by atoms with van der Waals surface area (Å²) < 4.78 is 26.4. The van der Waals surface area contributed by atoms with Crippen molar-refractivity contribution in [2.45, 2.75) is 12.4 Å². The zero-order valence-electron chi connectivity index (χ0n) is 10.2. The Morgan fingerprint density at radius 3 is 2.79 bits per heavy atom. The Balaban J connectivity index is 2.33. The number of fused-ring (bicyclic) bond motifs is 1. The van der Waals surface area contributed by atoms with Crippen LogP contribution in [0.25, 0.3) is 11.0 Å². The lowest BCUT2D eigenvalue weighted by Gasteiger charge is -2.08. The average molecular weight is 322 g/mol. The van der Waals surface area contributed by atoms with Crippen molar-refractivity contribution >= 4 is 44.3 Å². The van der Waals surface area contributed by atoms with Gasteiger partial charge in [-0.05, 0) is 12.1 Å². The van der Waals surface area contributed by atoms with Crippen molar-refractivity contribution in [1.82, 2.24) is 14.3 Å². The molecule has 0 saturated carbocycles. The summed E-state index contributed by atoms with van der Waals surface area (Å²) in [5, 5.41) is 0.554. The van der Waals surface area contributed by atoms with Gasteiger partial charge in [0.15, 0.2) is 0 Å². The number of imidazole rings is 1. The number of nitrogens with zero attached hydrogens (tertiary/aromatic N) is 2. The molecule has 2 aromatic rings. The first-order valence-corrected chi connectivity index (χ1v) is 8.37. The summed E-state index contributed by atoms with van der Waals surface area (Å²) in [6.07, 6.45) is 1.12. The first-order chi connectivity index (χ1) is 8.92. The van der Waals surface area contributed by atoms with Gasteiger partial charge in [0, 0.05) is 13.1 Å². The lowest BCUT2D eigenvalue weighted by molar-refractivity contribution is 0.578. The van der Waals surface area contributed by atoms with Crippen LogP contribution in [0.1, 0.15) is 5.82 Å². The predicted molar refractivity (Wildman–Crippen MR) is 77.1 cm³/mol. The summed E-state index contributed by atoms with van der Waals surface area (Å²) in [6.45, 7) is 0.729. The number of nitrogens with one attached hydrogen (secondary N) is 1. The highest BCUT2D eigenvalue weighted by Crippen LogP contribution is 2.24. The molecule has 0 aliphatic rings. The molecule has 0 fully saturated rings. The van der Waals surface area contributed by atoms with E-state index in [9.17, 15) is 8.42 Å². The van der Waals surface area contributed by atoms with Crippen LogP contribution in [0.5, 0.6) is 0 Å². The van der Waals surface area contributed by atoms with E-state index in [4.69, 9.17) is 23.2 Å². The van der Waals surface area contributed by atoms with Crippen LogP contribution in [-0.4, -0.2) is 30.8 Å². The number of aromatic nitrogens is 2. The standard InChI is InChI=1S/C11H13Cl2N3O2S/c1-19(17,18)14-5-6-16-9-4-2-3-8(13)11(9)15-10(16)7-12/h2-4,14H,5-7H2,1H3. The lowest BCUT2D eigenvalue weighted by Crippen LogP contribution is -2.26. The Kier molecular flexibility index (Phi) is 4.35. The van der Waals surface area contributed by atoms with Crippen LogP contribution in [0.2, 0.25) is 5.02 Å². The summed E-state index contributed by atoms with van der Waals surface area (Å²) >= 11 is 11.9. The molecule has 0 unspecified atom stereocenters. The topological polar surface area (TPSA) is 64.0 Å². The minimum absolute atomic E-state index is 0.240. The van der Waals surface area contributed by atoms with E-state index in [2.05, 4.69) is 9.71 Å². The number of hydrogen-bond acceptors (Lipinski definition) is 3. The summed E-state index contributed by atoms with van der Waals surface area (Å²) in [7, 11) is -3.20. The second kappa shape index (κ2) is 5.66. The lowest BCUT2D eigenvalue weighted by atomic mass is 10.3. The molecule has 0 aliphatic heterocycles. The number of sulfonamides is 1. The Morgan fingerprint density at radius 1 is 1.42 bits per heavy atom. The maximum absolute atomic E-state index is 11.0. The van der Waals surface area contributed by atoms with E-state index in [0.717, 1.165) is 11.8 Å². The minimum atomic E-state index is -3.20. The largest absolute Gasteiger partial charge is 0.326 e. The number of hydrogen-bond donors (Lipinski definition) is 1. The Labute approximate surface area is 121 Å². The maximum Gasteiger partial charge on any atom is 0.208 e. The first-order valence-electron chi connectivity index (χ1n) is 5.56. The van der Waals surface area contributed by atoms with E-state index in [-0.39, 0.29) is 12.4 Å². The van der Waals surface area contributed by atoms with Crippen molar-refractivity contribution in [2.75, 3.05) is 12.8 Å². The van der Waals surface area contributed by atoms with Crippen molar-refractivity contribution < 1.29 is 8.42 Å². The van der Waals surface area contributed by atoms with Crippen LogP contribution >= 0.6 is 23.2 Å². The molecule has 1 N–H and O–H groups in total. The van der Waals surface area contributed by atoms with Gasteiger partial charge in [-0.1, -0.05) is 17.7 Å². The molecule has 0 radical (unpaired) electrons. The third-order valence-electron chi connectivity index (χ3n) is 2.63. The smallest absolute Gasteiger partial charge is 0.208 e. The van der Waals surface area contributed by atoms with Crippen LogP contribution in [0.3, 0.4) is 0 Å². The average Bonchev–Trinajstić information content (AvgIpc) is 2.68. The molecule has 1 aromatic carbocycles. The molecule has 0 saturated heterocycles. The van der Waals surface area contributed by atoms with Crippen LogP contribution in [0.15, 0.2) is 18.2 Å². The zero-order valence-corrected chi connectivity index (χ0v) is 12.6. The Morgan fingerprint density at radius 2 is 2.16 bits per heavy atom. The third kappa shape index (κ3) is 3.39. The van der Waals surface area contributed by atoms with Gasteiger partial charge in [0.25, 0.3) is 0 Å². The molecule has 0 bridgehead atoms. The molecule has 8 heteroatoms. The molecule has 104 valence electrons. The van der Waals surface area contributed by atoms with E-state index >= 15 is 0 Å². The fourth-order valence-corrected chi connectivity index (χ4v) is 2.73. The van der Waals surface area contributed by atoms with Crippen molar-refractivity contribution in [1.29, 1.82) is 0 Å². The molecule has 0 amide bonds. The van der Waals surface area contributed by atoms with Crippen LogP contribution in [0, 0.1) is 0 Å². The van der Waals surface area contributed by atoms with E-state index < -0.39 is 10.0 Å². The van der Waals surface area contributed by atoms with Gasteiger partial charge in [0.2, 0.25) is 10.0 Å². The molecule has 2 rings (SSSR count). The van der Waals surface area contributed by atoms with Gasteiger partial charge in [-0.2, -0.15) is 0 Å². The van der Waals surface area contributed by atoms with Crippen LogP contribution < -0.4 is 4.72 Å².